The summed E-state index contributed by atoms with van der Waals surface area (Å²) in [6.45, 7) is 2.17. The number of nitrogens with zero attached hydrogens (tertiary/aromatic N) is 1. The first-order chi connectivity index (χ1) is 29.0. The van der Waals surface area contributed by atoms with Crippen molar-refractivity contribution in [3.05, 3.63) is 58.9 Å². The second kappa shape index (κ2) is 23.1. The summed E-state index contributed by atoms with van der Waals surface area (Å²) in [5.74, 6) is -3.65. The highest BCUT2D eigenvalue weighted by atomic mass is 16.5. The van der Waals surface area contributed by atoms with Crippen molar-refractivity contribution < 1.29 is 43.4 Å². The van der Waals surface area contributed by atoms with Crippen molar-refractivity contribution in [2.75, 3.05) is 33.4 Å². The second-order valence-corrected chi connectivity index (χ2v) is 16.5. The van der Waals surface area contributed by atoms with E-state index in [1.54, 1.807) is 0 Å². The van der Waals surface area contributed by atoms with Crippen molar-refractivity contribution in [2.24, 2.45) is 11.8 Å². The number of Topliss-reactive ketones (excluding diaryl/α,β-unsaturated/α-hetero) is 1. The summed E-state index contributed by atoms with van der Waals surface area (Å²) in [4.78, 5) is 95.7. The van der Waals surface area contributed by atoms with Crippen molar-refractivity contribution in [1.29, 1.82) is 0 Å². The average molecular weight is 833 g/mol. The summed E-state index contributed by atoms with van der Waals surface area (Å²) in [6.07, 6.45) is 14.0. The zero-order valence-electron chi connectivity index (χ0n) is 35.2. The number of fused-ring (bicyclic) bond motifs is 1. The molecule has 6 N–H and O–H groups in total. The summed E-state index contributed by atoms with van der Waals surface area (Å²) < 4.78 is 5.82. The van der Waals surface area contributed by atoms with E-state index >= 15 is 0 Å². The number of carbonyl (C=O) groups excluding carboxylic acids is 7. The summed E-state index contributed by atoms with van der Waals surface area (Å²) >= 11 is 0. The first-order valence-corrected chi connectivity index (χ1v) is 22.0. The maximum atomic E-state index is 14.4. The molecule has 1 heterocycles. The maximum absolute atomic E-state index is 14.4. The number of hydrogen-bond donors (Lipinski definition) is 6. The van der Waals surface area contributed by atoms with Crippen molar-refractivity contribution in [1.82, 2.24) is 31.5 Å². The highest BCUT2D eigenvalue weighted by molar-refractivity contribution is 6.38. The van der Waals surface area contributed by atoms with Crippen molar-refractivity contribution >= 4 is 41.2 Å². The molecule has 1 saturated carbocycles. The number of nitrogens with one attached hydrogen (secondary N) is 5. The monoisotopic (exact) mass is 832 g/mol. The fourth-order valence-corrected chi connectivity index (χ4v) is 8.97. The Bertz CT molecular complexity index is 1750. The molecule has 1 aromatic carbocycles. The van der Waals surface area contributed by atoms with E-state index in [1.165, 1.54) is 11.9 Å². The smallest absolute Gasteiger partial charge is 0.290 e. The third-order valence-corrected chi connectivity index (χ3v) is 12.2. The minimum absolute atomic E-state index is 0.0819. The molecule has 2 fully saturated rings. The summed E-state index contributed by atoms with van der Waals surface area (Å²) in [5, 5.41) is 22.5. The van der Waals surface area contributed by atoms with Crippen LogP contribution in [0.15, 0.2) is 47.7 Å². The van der Waals surface area contributed by atoms with Crippen LogP contribution in [-0.4, -0.2) is 109 Å². The molecule has 1 aliphatic heterocycles. The highest BCUT2D eigenvalue weighted by Crippen LogP contribution is 2.31. The Hall–Kier alpha value is -5.05. The molecule has 6 amide bonds. The van der Waals surface area contributed by atoms with E-state index in [4.69, 9.17) is 9.84 Å². The zero-order valence-corrected chi connectivity index (χ0v) is 35.2. The number of hydrogen-bond acceptors (Lipinski definition) is 9. The highest BCUT2D eigenvalue weighted by Gasteiger charge is 2.42. The molecule has 15 heteroatoms. The van der Waals surface area contributed by atoms with Crippen LogP contribution in [0.5, 0.6) is 0 Å². The molecule has 4 unspecified atom stereocenters. The quantitative estimate of drug-likeness (QED) is 0.0793. The normalized spacial score (nSPS) is 19.4. The minimum Gasteiger partial charge on any atom is -0.494 e. The molecule has 0 spiro atoms. The lowest BCUT2D eigenvalue weighted by atomic mass is 9.83. The second-order valence-electron chi connectivity index (χ2n) is 16.5. The lowest BCUT2D eigenvalue weighted by molar-refractivity contribution is -0.144. The van der Waals surface area contributed by atoms with Crippen LogP contribution in [-0.2, 0) is 51.1 Å². The van der Waals surface area contributed by atoms with Gasteiger partial charge in [-0.25, -0.2) is 0 Å². The van der Waals surface area contributed by atoms with Crippen LogP contribution in [0.1, 0.15) is 108 Å². The Balaban J connectivity index is 1.17. The molecular formula is C45H64N6O9. The van der Waals surface area contributed by atoms with E-state index in [0.717, 1.165) is 61.6 Å². The van der Waals surface area contributed by atoms with Gasteiger partial charge in [0.1, 0.15) is 23.9 Å². The number of benzene rings is 1. The predicted octanol–water partition coefficient (Wildman–Crippen LogP) is 2.44. The maximum Gasteiger partial charge on any atom is 0.290 e. The molecule has 4 aliphatic rings. The lowest BCUT2D eigenvalue weighted by Gasteiger charge is -2.35. The number of carbonyl (C=O) groups is 7. The fraction of sp³-hybridized carbons (Fsp3) is 0.622. The number of unbranched alkanes of at least 4 members (excludes halogenated alkanes) is 1. The van der Waals surface area contributed by atoms with Crippen molar-refractivity contribution in [3.8, 4) is 0 Å². The minimum atomic E-state index is -1.19. The Morgan fingerprint density at radius 1 is 0.867 bits per heavy atom. The van der Waals surface area contributed by atoms with E-state index in [9.17, 15) is 33.6 Å². The van der Waals surface area contributed by atoms with Gasteiger partial charge in [-0.2, -0.15) is 0 Å². The molecule has 3 aliphatic carbocycles. The number of likely N-dealkylation sites (N-methyl/N-ethyl adjacent to an activating group) is 1. The Kier molecular flexibility index (Phi) is 17.7. The molecule has 15 nitrogen and oxygen atoms in total. The number of aliphatic hydroxyl groups is 1. The van der Waals surface area contributed by atoms with Gasteiger partial charge in [0.2, 0.25) is 35.3 Å². The van der Waals surface area contributed by atoms with Gasteiger partial charge in [-0.3, -0.25) is 33.6 Å². The fourth-order valence-electron chi connectivity index (χ4n) is 8.97. The largest absolute Gasteiger partial charge is 0.494 e. The van der Waals surface area contributed by atoms with Gasteiger partial charge in [-0.05, 0) is 106 Å². The number of aliphatic hydroxyl groups excluding tert-OH is 1. The molecule has 4 atom stereocenters. The molecule has 0 aromatic heterocycles. The van der Waals surface area contributed by atoms with E-state index < -0.39 is 54.2 Å². The van der Waals surface area contributed by atoms with Crippen LogP contribution in [0.25, 0.3) is 0 Å². The van der Waals surface area contributed by atoms with Gasteiger partial charge < -0.3 is 41.3 Å². The number of ether oxygens (including phenoxy) is 1. The molecule has 1 aromatic rings. The van der Waals surface area contributed by atoms with E-state index in [2.05, 4.69) is 26.6 Å². The van der Waals surface area contributed by atoms with Gasteiger partial charge in [0.15, 0.2) is 0 Å². The van der Waals surface area contributed by atoms with Gasteiger partial charge >= 0.3 is 0 Å². The van der Waals surface area contributed by atoms with Gasteiger partial charge in [0.05, 0.1) is 19.2 Å². The third-order valence-electron chi connectivity index (χ3n) is 12.2. The van der Waals surface area contributed by atoms with Gasteiger partial charge in [-0.1, -0.05) is 62.4 Å². The predicted molar refractivity (Wildman–Crippen MR) is 224 cm³/mol. The Morgan fingerprint density at radius 2 is 1.58 bits per heavy atom. The van der Waals surface area contributed by atoms with E-state index in [-0.39, 0.29) is 49.0 Å². The van der Waals surface area contributed by atoms with Gasteiger partial charge in [0.25, 0.3) is 5.91 Å². The number of likely N-dealkylation sites (tertiary alicyclic amines) is 1. The van der Waals surface area contributed by atoms with E-state index in [0.29, 0.717) is 63.9 Å². The number of rotatable bonds is 21. The molecule has 1 saturated heterocycles. The lowest BCUT2D eigenvalue weighted by Crippen LogP contribution is -2.58. The number of allylic oxidation sites excluding steroid dienone is 2. The first-order valence-electron chi connectivity index (χ1n) is 22.0. The van der Waals surface area contributed by atoms with Crippen LogP contribution in [0.2, 0.25) is 0 Å². The topological polar surface area (TPSA) is 212 Å². The van der Waals surface area contributed by atoms with Crippen LogP contribution in [0.4, 0.5) is 0 Å². The zero-order chi connectivity index (χ0) is 43.0. The average Bonchev–Trinajstić information content (AvgIpc) is 3.93. The summed E-state index contributed by atoms with van der Waals surface area (Å²) in [5.41, 5.74) is 3.13. The van der Waals surface area contributed by atoms with Crippen LogP contribution in [0.3, 0.4) is 0 Å². The molecule has 0 radical (unpaired) electrons. The Labute approximate surface area is 353 Å². The number of ketones is 1. The van der Waals surface area contributed by atoms with Crippen LogP contribution < -0.4 is 26.6 Å². The molecule has 60 heavy (non-hydrogen) atoms. The standard InChI is InChI=1S/C45H64N6O9/c1-3-13-35(41(55)44(58)47-28-38(54)50-39(43(57)46-2)33-26-31-17-7-8-18-32(31)27-33)48-42(56)36-20-12-21-51(36)45(59)40(30-15-5-4-6-16-30)49-37(53)25-29-14-11-19-34(24-29)60-23-10-9-22-52/h7-8,17-19,24,30,33,35-36,39-40,52H,3-6,9-16,20-23,25-28H2,1-2H3,(H,46,57)(H,47,58)(H,48,56)(H,49,53)(H,50,54). The molecular weight excluding hydrogens is 769 g/mol. The number of amides is 6. The molecule has 5 rings (SSSR count). The summed E-state index contributed by atoms with van der Waals surface area (Å²) in [7, 11) is 1.49. The molecule has 0 bridgehead atoms. The van der Waals surface area contributed by atoms with Crippen molar-refractivity contribution in [2.45, 2.75) is 134 Å². The van der Waals surface area contributed by atoms with Gasteiger partial charge in [-0.15, -0.1) is 0 Å². The first kappa shape index (κ1) is 46.0. The van der Waals surface area contributed by atoms with Crippen molar-refractivity contribution in [3.63, 3.8) is 0 Å². The van der Waals surface area contributed by atoms with Crippen LogP contribution >= 0.6 is 0 Å². The van der Waals surface area contributed by atoms with Crippen LogP contribution in [0, 0.1) is 11.8 Å². The SMILES string of the molecule is CCCC(NC(=O)C1CCCN1C(=O)C(NC(=O)CC1=CC(OCCCCO)=CCC1)C1CCCCC1)C(=O)C(=O)NCC(=O)NC(C(=O)NC)C1Cc2ccccc2C1. The molecule has 328 valence electrons. The Morgan fingerprint density at radius 3 is 2.27 bits per heavy atom. The summed E-state index contributed by atoms with van der Waals surface area (Å²) in [6, 6.07) is 4.13. The third kappa shape index (κ3) is 12.7. The van der Waals surface area contributed by atoms with Gasteiger partial charge in [0, 0.05) is 26.6 Å². The van der Waals surface area contributed by atoms with E-state index in [1.807, 2.05) is 43.3 Å².